The third kappa shape index (κ3) is 5.72. The van der Waals surface area contributed by atoms with Crippen LogP contribution >= 0.6 is 0 Å². The van der Waals surface area contributed by atoms with E-state index in [-0.39, 0.29) is 12.7 Å². The summed E-state index contributed by atoms with van der Waals surface area (Å²) >= 11 is 0. The minimum atomic E-state index is -2.46. The molecular weight excluding hydrogens is 200 g/mol. The van der Waals surface area contributed by atoms with Crippen LogP contribution in [-0.2, 0) is 13.3 Å². The zero-order valence-corrected chi connectivity index (χ0v) is 10.6. The largest absolute Gasteiger partial charge is 0.497 e. The molecule has 0 aliphatic heterocycles. The van der Waals surface area contributed by atoms with Crippen LogP contribution in [0.4, 0.5) is 0 Å². The first-order valence-electron chi connectivity index (χ1n) is 5.14. The molecule has 0 spiro atoms. The van der Waals surface area contributed by atoms with Gasteiger partial charge in [-0.05, 0) is 27.2 Å². The molecule has 0 saturated carbocycles. The highest BCUT2D eigenvalue weighted by Crippen LogP contribution is 2.13. The maximum absolute atomic E-state index is 8.75. The van der Waals surface area contributed by atoms with Crippen LogP contribution in [0.1, 0.15) is 27.2 Å². The van der Waals surface area contributed by atoms with Gasteiger partial charge in [-0.25, -0.2) is 0 Å². The molecular formula is C9H22O4Si. The molecule has 1 N–H and O–H groups in total. The summed E-state index contributed by atoms with van der Waals surface area (Å²) in [6.07, 6.45) is 0.595. The summed E-state index contributed by atoms with van der Waals surface area (Å²) in [5.74, 6) is 0. The van der Waals surface area contributed by atoms with Gasteiger partial charge in [0, 0.05) is 32.5 Å². The lowest BCUT2D eigenvalue weighted by molar-refractivity contribution is 0.0357. The molecule has 14 heavy (non-hydrogen) atoms. The van der Waals surface area contributed by atoms with Gasteiger partial charge in [0.2, 0.25) is 0 Å². The highest BCUT2D eigenvalue weighted by Gasteiger charge is 2.35. The van der Waals surface area contributed by atoms with Crippen molar-refractivity contribution < 1.29 is 18.4 Å². The monoisotopic (exact) mass is 222 g/mol. The van der Waals surface area contributed by atoms with E-state index in [1.54, 1.807) is 0 Å². The number of hydrogen-bond donors (Lipinski definition) is 1. The first-order chi connectivity index (χ1) is 6.58. The second-order valence-corrected chi connectivity index (χ2v) is 5.71. The lowest BCUT2D eigenvalue weighted by Gasteiger charge is -2.28. The topological polar surface area (TPSA) is 47.9 Å². The van der Waals surface area contributed by atoms with Crippen LogP contribution in [0.2, 0.25) is 6.55 Å². The summed E-state index contributed by atoms with van der Waals surface area (Å²) in [4.78, 5) is 0. The normalized spacial score (nSPS) is 14.4. The lowest BCUT2D eigenvalue weighted by Crippen LogP contribution is -2.45. The van der Waals surface area contributed by atoms with Crippen LogP contribution in [0.15, 0.2) is 0 Å². The van der Waals surface area contributed by atoms with Crippen molar-refractivity contribution in [2.45, 2.75) is 39.8 Å². The standard InChI is InChI=1S/C9H22O4Si/c1-5-11-14(4,12-6-2)13-9(3)7-8-10/h9-10H,5-8H2,1-4H3. The quantitative estimate of drug-likeness (QED) is 0.631. The van der Waals surface area contributed by atoms with Crippen LogP contribution in [-0.4, -0.2) is 39.8 Å². The highest BCUT2D eigenvalue weighted by molar-refractivity contribution is 6.59. The average molecular weight is 222 g/mol. The number of rotatable bonds is 8. The third-order valence-corrected chi connectivity index (χ3v) is 4.22. The lowest BCUT2D eigenvalue weighted by atomic mass is 10.3. The van der Waals surface area contributed by atoms with E-state index >= 15 is 0 Å². The summed E-state index contributed by atoms with van der Waals surface area (Å²) in [7, 11) is -2.46. The predicted molar refractivity (Wildman–Crippen MR) is 57.1 cm³/mol. The van der Waals surface area contributed by atoms with Gasteiger partial charge in [-0.15, -0.1) is 0 Å². The molecule has 0 rings (SSSR count). The van der Waals surface area contributed by atoms with E-state index in [1.807, 2.05) is 27.3 Å². The van der Waals surface area contributed by atoms with Crippen molar-refractivity contribution in [1.29, 1.82) is 0 Å². The maximum atomic E-state index is 8.75. The Morgan fingerprint density at radius 1 is 1.21 bits per heavy atom. The summed E-state index contributed by atoms with van der Waals surface area (Å²) in [6, 6.07) is 0. The Morgan fingerprint density at radius 3 is 2.07 bits per heavy atom. The van der Waals surface area contributed by atoms with Crippen molar-refractivity contribution in [2.24, 2.45) is 0 Å². The molecule has 0 heterocycles. The van der Waals surface area contributed by atoms with Crippen molar-refractivity contribution in [3.8, 4) is 0 Å². The van der Waals surface area contributed by atoms with Crippen LogP contribution < -0.4 is 0 Å². The van der Waals surface area contributed by atoms with Gasteiger partial charge in [-0.2, -0.15) is 0 Å². The van der Waals surface area contributed by atoms with Crippen molar-refractivity contribution in [3.63, 3.8) is 0 Å². The zero-order chi connectivity index (χ0) is 11.0. The fraction of sp³-hybridized carbons (Fsp3) is 1.00. The molecule has 1 atom stereocenters. The summed E-state index contributed by atoms with van der Waals surface area (Å²) < 4.78 is 16.7. The molecule has 0 aromatic heterocycles. The van der Waals surface area contributed by atoms with Gasteiger partial charge in [0.1, 0.15) is 0 Å². The Hall–Kier alpha value is 0.0569. The van der Waals surface area contributed by atoms with Crippen molar-refractivity contribution in [2.75, 3.05) is 19.8 Å². The zero-order valence-electron chi connectivity index (χ0n) is 9.58. The molecule has 0 radical (unpaired) electrons. The van der Waals surface area contributed by atoms with Crippen molar-refractivity contribution in [1.82, 2.24) is 0 Å². The minimum absolute atomic E-state index is 0.0187. The van der Waals surface area contributed by atoms with Crippen LogP contribution in [0.5, 0.6) is 0 Å². The molecule has 0 amide bonds. The predicted octanol–water partition coefficient (Wildman–Crippen LogP) is 1.42. The first-order valence-corrected chi connectivity index (χ1v) is 7.37. The fourth-order valence-electron chi connectivity index (χ4n) is 1.24. The van der Waals surface area contributed by atoms with E-state index in [0.717, 1.165) is 0 Å². The highest BCUT2D eigenvalue weighted by atomic mass is 28.4. The molecule has 0 bridgehead atoms. The van der Waals surface area contributed by atoms with Gasteiger partial charge in [0.05, 0.1) is 0 Å². The van der Waals surface area contributed by atoms with Gasteiger partial charge in [0.15, 0.2) is 0 Å². The van der Waals surface area contributed by atoms with E-state index < -0.39 is 8.80 Å². The molecule has 4 nitrogen and oxygen atoms in total. The maximum Gasteiger partial charge on any atom is 0.497 e. The Morgan fingerprint density at radius 2 is 1.71 bits per heavy atom. The molecule has 0 aliphatic carbocycles. The summed E-state index contributed by atoms with van der Waals surface area (Å²) in [5.41, 5.74) is 0. The van der Waals surface area contributed by atoms with Gasteiger partial charge in [-0.1, -0.05) is 0 Å². The minimum Gasteiger partial charge on any atom is -0.396 e. The van der Waals surface area contributed by atoms with Gasteiger partial charge >= 0.3 is 8.80 Å². The van der Waals surface area contributed by atoms with Crippen LogP contribution in [0.25, 0.3) is 0 Å². The Labute approximate surface area is 87.5 Å². The van der Waals surface area contributed by atoms with E-state index in [0.29, 0.717) is 19.6 Å². The van der Waals surface area contributed by atoms with Crippen molar-refractivity contribution >= 4 is 8.80 Å². The van der Waals surface area contributed by atoms with Gasteiger partial charge < -0.3 is 18.4 Å². The smallest absolute Gasteiger partial charge is 0.396 e. The molecule has 0 aromatic rings. The fourth-order valence-corrected chi connectivity index (χ4v) is 3.36. The van der Waals surface area contributed by atoms with E-state index in [4.69, 9.17) is 18.4 Å². The van der Waals surface area contributed by atoms with E-state index in [1.165, 1.54) is 0 Å². The first kappa shape index (κ1) is 14.1. The number of aliphatic hydroxyl groups excluding tert-OH is 1. The average Bonchev–Trinajstić information content (AvgIpc) is 2.04. The Kier molecular flexibility index (Phi) is 7.39. The Balaban J connectivity index is 4.05. The molecule has 5 heteroatoms. The SMILES string of the molecule is CCO[Si](C)(OCC)OC(C)CCO. The number of aliphatic hydroxyl groups is 1. The van der Waals surface area contributed by atoms with E-state index in [9.17, 15) is 0 Å². The Bertz CT molecular complexity index is 137. The molecule has 0 aromatic carbocycles. The summed E-state index contributed by atoms with van der Waals surface area (Å²) in [5, 5.41) is 8.75. The molecule has 1 unspecified atom stereocenters. The third-order valence-electron chi connectivity index (χ3n) is 1.76. The summed E-state index contributed by atoms with van der Waals surface area (Å²) in [6.45, 7) is 8.95. The van der Waals surface area contributed by atoms with Gasteiger partial charge in [-0.3, -0.25) is 0 Å². The van der Waals surface area contributed by atoms with Crippen molar-refractivity contribution in [3.05, 3.63) is 0 Å². The van der Waals surface area contributed by atoms with E-state index in [2.05, 4.69) is 0 Å². The second-order valence-electron chi connectivity index (χ2n) is 3.17. The van der Waals surface area contributed by atoms with Gasteiger partial charge in [0.25, 0.3) is 0 Å². The molecule has 0 aliphatic rings. The molecule has 86 valence electrons. The second kappa shape index (κ2) is 7.36. The molecule has 0 saturated heterocycles. The van der Waals surface area contributed by atoms with Crippen LogP contribution in [0.3, 0.4) is 0 Å². The molecule has 0 fully saturated rings. The van der Waals surface area contributed by atoms with Crippen LogP contribution in [0, 0.1) is 0 Å². The number of hydrogen-bond acceptors (Lipinski definition) is 4.